The number of aromatic nitrogens is 2. The van der Waals surface area contributed by atoms with Gasteiger partial charge >= 0.3 is 5.97 Å². The second-order valence-corrected chi connectivity index (χ2v) is 6.92. The molecule has 0 amide bonds. The zero-order chi connectivity index (χ0) is 18.6. The van der Waals surface area contributed by atoms with Crippen molar-refractivity contribution in [3.05, 3.63) is 59.2 Å². The number of Topliss-reactive ketones (excluding diaryl/α,β-unsaturated/α-hetero) is 1. The summed E-state index contributed by atoms with van der Waals surface area (Å²) in [6.45, 7) is 9.14. The highest BCUT2D eigenvalue weighted by Crippen LogP contribution is 2.23. The zero-order valence-corrected chi connectivity index (χ0v) is 15.4. The summed E-state index contributed by atoms with van der Waals surface area (Å²) in [5, 5.41) is 0. The van der Waals surface area contributed by atoms with Crippen molar-refractivity contribution in [1.29, 1.82) is 0 Å². The van der Waals surface area contributed by atoms with E-state index >= 15 is 0 Å². The molecular weight excluding hydrogens is 316 g/mol. The van der Waals surface area contributed by atoms with Crippen LogP contribution in [0.25, 0.3) is 0 Å². The molecule has 0 saturated carbocycles. The summed E-state index contributed by atoms with van der Waals surface area (Å²) in [5.41, 5.74) is 1.45. The fourth-order valence-electron chi connectivity index (χ4n) is 2.34. The van der Waals surface area contributed by atoms with Gasteiger partial charge in [0.05, 0.1) is 11.3 Å². The maximum Gasteiger partial charge on any atom is 0.338 e. The third kappa shape index (κ3) is 4.95. The van der Waals surface area contributed by atoms with Gasteiger partial charge in [0, 0.05) is 24.2 Å². The lowest BCUT2D eigenvalue weighted by Crippen LogP contribution is -2.24. The minimum absolute atomic E-state index is 0.111. The highest BCUT2D eigenvalue weighted by atomic mass is 16.6. The number of hydrogen-bond acceptors (Lipinski definition) is 5. The van der Waals surface area contributed by atoms with Crippen LogP contribution in [0, 0.1) is 0 Å². The van der Waals surface area contributed by atoms with Crippen molar-refractivity contribution in [3.63, 3.8) is 0 Å². The van der Waals surface area contributed by atoms with Crippen LogP contribution < -0.4 is 0 Å². The van der Waals surface area contributed by atoms with Gasteiger partial charge in [0.15, 0.2) is 5.78 Å². The molecule has 0 aliphatic heterocycles. The topological polar surface area (TPSA) is 69.2 Å². The van der Waals surface area contributed by atoms with Crippen LogP contribution in [0.1, 0.15) is 79.2 Å². The van der Waals surface area contributed by atoms with Crippen molar-refractivity contribution >= 4 is 11.8 Å². The first-order valence-electron chi connectivity index (χ1n) is 8.40. The van der Waals surface area contributed by atoms with Crippen LogP contribution >= 0.6 is 0 Å². The highest BCUT2D eigenvalue weighted by molar-refractivity contribution is 5.97. The van der Waals surface area contributed by atoms with Crippen molar-refractivity contribution < 1.29 is 14.3 Å². The molecule has 2 rings (SSSR count). The molecule has 25 heavy (non-hydrogen) atoms. The second-order valence-electron chi connectivity index (χ2n) is 6.92. The summed E-state index contributed by atoms with van der Waals surface area (Å²) in [4.78, 5) is 33.4. The van der Waals surface area contributed by atoms with Crippen LogP contribution in [-0.4, -0.2) is 27.3 Å². The molecule has 5 nitrogen and oxygen atoms in total. The standard InChI is InChI=1S/C20H24N2O3/c1-6-18(23)17-12-14(19(24)25-20(3,4)5)11-16(22-17)13(2)15-9-7-8-10-21-15/h7-13H,6H2,1-5H3. The van der Waals surface area contributed by atoms with E-state index in [1.807, 2.05) is 45.9 Å². The Kier molecular flexibility index (Phi) is 5.67. The molecule has 0 N–H and O–H groups in total. The number of rotatable bonds is 5. The average Bonchev–Trinajstić information content (AvgIpc) is 2.59. The van der Waals surface area contributed by atoms with Gasteiger partial charge in [0.1, 0.15) is 11.3 Å². The Hall–Kier alpha value is -2.56. The first-order valence-corrected chi connectivity index (χ1v) is 8.40. The Morgan fingerprint density at radius 3 is 2.44 bits per heavy atom. The van der Waals surface area contributed by atoms with Gasteiger partial charge in [-0.1, -0.05) is 19.9 Å². The van der Waals surface area contributed by atoms with Crippen molar-refractivity contribution in [3.8, 4) is 0 Å². The normalized spacial score (nSPS) is 12.5. The third-order valence-electron chi connectivity index (χ3n) is 3.66. The lowest BCUT2D eigenvalue weighted by atomic mass is 9.99. The van der Waals surface area contributed by atoms with Gasteiger partial charge in [0.25, 0.3) is 0 Å². The quantitative estimate of drug-likeness (QED) is 0.603. The number of carbonyl (C=O) groups excluding carboxylic acids is 2. The predicted molar refractivity (Wildman–Crippen MR) is 95.8 cm³/mol. The maximum absolute atomic E-state index is 12.5. The van der Waals surface area contributed by atoms with Crippen molar-refractivity contribution in [2.24, 2.45) is 0 Å². The maximum atomic E-state index is 12.5. The first-order chi connectivity index (χ1) is 11.7. The molecular formula is C20H24N2O3. The van der Waals surface area contributed by atoms with Crippen LogP contribution in [0.2, 0.25) is 0 Å². The Labute approximate surface area is 148 Å². The van der Waals surface area contributed by atoms with E-state index in [-0.39, 0.29) is 17.4 Å². The van der Waals surface area contributed by atoms with E-state index in [1.54, 1.807) is 19.2 Å². The number of nitrogens with zero attached hydrogens (tertiary/aromatic N) is 2. The Morgan fingerprint density at radius 1 is 1.16 bits per heavy atom. The molecule has 0 saturated heterocycles. The summed E-state index contributed by atoms with van der Waals surface area (Å²) in [6, 6.07) is 8.82. The monoisotopic (exact) mass is 340 g/mol. The average molecular weight is 340 g/mol. The molecule has 0 aliphatic carbocycles. The zero-order valence-electron chi connectivity index (χ0n) is 15.4. The number of hydrogen-bond donors (Lipinski definition) is 0. The number of pyridine rings is 2. The molecule has 0 aliphatic rings. The van der Waals surface area contributed by atoms with Crippen molar-refractivity contribution in [2.75, 3.05) is 0 Å². The molecule has 132 valence electrons. The van der Waals surface area contributed by atoms with E-state index in [0.29, 0.717) is 17.7 Å². The summed E-state index contributed by atoms with van der Waals surface area (Å²) >= 11 is 0. The fourth-order valence-corrected chi connectivity index (χ4v) is 2.34. The van der Waals surface area contributed by atoms with Gasteiger partial charge in [-0.25, -0.2) is 9.78 Å². The SMILES string of the molecule is CCC(=O)c1cc(C(=O)OC(C)(C)C)cc(C(C)c2ccccn2)n1. The summed E-state index contributed by atoms with van der Waals surface area (Å²) in [7, 11) is 0. The largest absolute Gasteiger partial charge is 0.456 e. The minimum Gasteiger partial charge on any atom is -0.456 e. The lowest BCUT2D eigenvalue weighted by Gasteiger charge is -2.20. The molecule has 0 spiro atoms. The number of ether oxygens (including phenoxy) is 1. The molecule has 2 aromatic rings. The molecule has 0 radical (unpaired) electrons. The van der Waals surface area contributed by atoms with Gasteiger partial charge in [-0.05, 0) is 45.0 Å². The molecule has 0 aromatic carbocycles. The van der Waals surface area contributed by atoms with Crippen molar-refractivity contribution in [1.82, 2.24) is 9.97 Å². The smallest absolute Gasteiger partial charge is 0.338 e. The van der Waals surface area contributed by atoms with E-state index in [0.717, 1.165) is 5.69 Å². The summed E-state index contributed by atoms with van der Waals surface area (Å²) < 4.78 is 5.44. The highest BCUT2D eigenvalue weighted by Gasteiger charge is 2.22. The molecule has 1 unspecified atom stereocenters. The fraction of sp³-hybridized carbons (Fsp3) is 0.400. The Balaban J connectivity index is 2.47. The second kappa shape index (κ2) is 7.55. The summed E-state index contributed by atoms with van der Waals surface area (Å²) in [5.74, 6) is -0.721. The molecule has 0 bridgehead atoms. The molecule has 2 aromatic heterocycles. The third-order valence-corrected chi connectivity index (χ3v) is 3.66. The van der Waals surface area contributed by atoms with E-state index < -0.39 is 11.6 Å². The van der Waals surface area contributed by atoms with Crippen LogP contribution in [0.3, 0.4) is 0 Å². The van der Waals surface area contributed by atoms with E-state index in [1.165, 1.54) is 6.07 Å². The van der Waals surface area contributed by atoms with Gasteiger partial charge < -0.3 is 4.74 Å². The Bertz CT molecular complexity index is 764. The number of esters is 1. The van der Waals surface area contributed by atoms with Crippen LogP contribution in [0.15, 0.2) is 36.5 Å². The predicted octanol–water partition coefficient (Wildman–Crippen LogP) is 4.18. The van der Waals surface area contributed by atoms with Gasteiger partial charge in [0.2, 0.25) is 0 Å². The van der Waals surface area contributed by atoms with Crippen LogP contribution in [0.5, 0.6) is 0 Å². The van der Waals surface area contributed by atoms with Crippen LogP contribution in [0.4, 0.5) is 0 Å². The van der Waals surface area contributed by atoms with Gasteiger partial charge in [-0.2, -0.15) is 0 Å². The lowest BCUT2D eigenvalue weighted by molar-refractivity contribution is 0.00692. The van der Waals surface area contributed by atoms with Gasteiger partial charge in [-0.3, -0.25) is 9.78 Å². The first kappa shape index (κ1) is 18.8. The van der Waals surface area contributed by atoms with E-state index in [9.17, 15) is 9.59 Å². The number of carbonyl (C=O) groups is 2. The van der Waals surface area contributed by atoms with Crippen LogP contribution in [-0.2, 0) is 4.74 Å². The number of ketones is 1. The molecule has 5 heteroatoms. The molecule has 0 fully saturated rings. The minimum atomic E-state index is -0.609. The van der Waals surface area contributed by atoms with E-state index in [4.69, 9.17) is 4.74 Å². The molecule has 2 heterocycles. The summed E-state index contributed by atoms with van der Waals surface area (Å²) in [6.07, 6.45) is 2.03. The Morgan fingerprint density at radius 2 is 1.88 bits per heavy atom. The molecule has 1 atom stereocenters. The van der Waals surface area contributed by atoms with Gasteiger partial charge in [-0.15, -0.1) is 0 Å². The van der Waals surface area contributed by atoms with Crippen molar-refractivity contribution in [2.45, 2.75) is 52.6 Å². The van der Waals surface area contributed by atoms with E-state index in [2.05, 4.69) is 9.97 Å².